The molecule has 0 aliphatic carbocycles. The Morgan fingerprint density at radius 1 is 1.50 bits per heavy atom. The quantitative estimate of drug-likeness (QED) is 0.836. The molecule has 0 saturated heterocycles. The predicted octanol–water partition coefficient (Wildman–Crippen LogP) is 2.69. The van der Waals surface area contributed by atoms with Gasteiger partial charge >= 0.3 is 6.09 Å². The molecule has 16 heavy (non-hydrogen) atoms. The normalized spacial score (nSPS) is 12.1. The van der Waals surface area contributed by atoms with Gasteiger partial charge in [0.25, 0.3) is 0 Å². The number of rotatable bonds is 5. The first kappa shape index (κ1) is 12.8. The number of carboxylic acid groups (broad SMARTS) is 1. The third kappa shape index (κ3) is 4.08. The lowest BCUT2D eigenvalue weighted by molar-refractivity contribution is 0.0953. The van der Waals surface area contributed by atoms with Crippen molar-refractivity contribution in [3.63, 3.8) is 0 Å². The zero-order chi connectivity index (χ0) is 12.0. The van der Waals surface area contributed by atoms with Crippen molar-refractivity contribution < 1.29 is 14.6 Å². The molecule has 0 saturated carbocycles. The number of methoxy groups -OCH3 is 1. The number of halogens is 1. The third-order valence-electron chi connectivity index (χ3n) is 2.21. The highest BCUT2D eigenvalue weighted by Crippen LogP contribution is 2.21. The van der Waals surface area contributed by atoms with Crippen molar-refractivity contribution >= 4 is 17.7 Å². The van der Waals surface area contributed by atoms with Gasteiger partial charge in [-0.2, -0.15) is 0 Å². The van der Waals surface area contributed by atoms with Gasteiger partial charge in [0.15, 0.2) is 0 Å². The molecule has 0 fully saturated rings. The molecule has 4 nitrogen and oxygen atoms in total. The van der Waals surface area contributed by atoms with E-state index in [1.54, 1.807) is 19.2 Å². The zero-order valence-electron chi connectivity index (χ0n) is 8.94. The van der Waals surface area contributed by atoms with Crippen LogP contribution in [-0.4, -0.2) is 24.9 Å². The van der Waals surface area contributed by atoms with Gasteiger partial charge in [-0.25, -0.2) is 4.79 Å². The molecule has 1 atom stereocenters. The van der Waals surface area contributed by atoms with Gasteiger partial charge in [-0.1, -0.05) is 23.7 Å². The van der Waals surface area contributed by atoms with Gasteiger partial charge in [-0.15, -0.1) is 0 Å². The number of benzene rings is 1. The molecule has 0 aliphatic rings. The summed E-state index contributed by atoms with van der Waals surface area (Å²) in [6, 6.07) is 7.32. The monoisotopic (exact) mass is 243 g/mol. The summed E-state index contributed by atoms with van der Waals surface area (Å²) < 4.78 is 5.28. The minimum absolute atomic E-state index is 0.121. The first-order valence-electron chi connectivity index (χ1n) is 4.88. The van der Waals surface area contributed by atoms with E-state index in [4.69, 9.17) is 21.4 Å². The summed E-state index contributed by atoms with van der Waals surface area (Å²) in [6.07, 6.45) is -0.556. The second-order valence-corrected chi connectivity index (χ2v) is 3.73. The summed E-state index contributed by atoms with van der Waals surface area (Å²) in [6.45, 7) is 0.358. The first-order valence-corrected chi connectivity index (χ1v) is 5.26. The van der Waals surface area contributed by atoms with Crippen molar-refractivity contribution in [3.8, 4) is 0 Å². The molecule has 0 spiro atoms. The fourth-order valence-electron chi connectivity index (χ4n) is 1.41. The summed E-state index contributed by atoms with van der Waals surface area (Å²) in [5, 5.41) is 11.4. The van der Waals surface area contributed by atoms with E-state index in [0.29, 0.717) is 18.0 Å². The van der Waals surface area contributed by atoms with Crippen molar-refractivity contribution in [2.75, 3.05) is 13.7 Å². The minimum Gasteiger partial charge on any atom is -0.465 e. The maximum absolute atomic E-state index is 10.3. The number of carbonyl (C=O) groups is 1. The molecular formula is C11H14ClNO3. The van der Waals surface area contributed by atoms with Crippen LogP contribution in [0, 0.1) is 0 Å². The molecule has 1 unspecified atom stereocenters. The van der Waals surface area contributed by atoms with Gasteiger partial charge in [-0.3, -0.25) is 0 Å². The van der Waals surface area contributed by atoms with Crippen LogP contribution in [-0.2, 0) is 4.74 Å². The molecular weight excluding hydrogens is 230 g/mol. The van der Waals surface area contributed by atoms with Gasteiger partial charge < -0.3 is 15.2 Å². The highest BCUT2D eigenvalue weighted by molar-refractivity contribution is 6.30. The molecule has 1 aromatic rings. The number of ether oxygens (including phenoxy) is 1. The molecule has 0 heterocycles. The third-order valence-corrected chi connectivity index (χ3v) is 2.46. The highest BCUT2D eigenvalue weighted by atomic mass is 35.5. The molecule has 0 aliphatic heterocycles. The first-order chi connectivity index (χ1) is 7.63. The van der Waals surface area contributed by atoms with E-state index in [1.165, 1.54) is 0 Å². The van der Waals surface area contributed by atoms with Crippen LogP contribution in [0.3, 0.4) is 0 Å². The van der Waals surface area contributed by atoms with E-state index in [9.17, 15) is 4.79 Å². The van der Waals surface area contributed by atoms with E-state index in [1.807, 2.05) is 12.1 Å². The van der Waals surface area contributed by atoms with Gasteiger partial charge in [-0.05, 0) is 24.1 Å². The molecule has 1 aromatic carbocycles. The van der Waals surface area contributed by atoms with Crippen molar-refractivity contribution in [2.45, 2.75) is 12.5 Å². The standard InChI is InChI=1S/C11H14ClNO3/c1-16-10(6-7-13-11(14)15)8-2-4-9(12)5-3-8/h2-5,10,13H,6-7H2,1H3,(H,14,15). The lowest BCUT2D eigenvalue weighted by atomic mass is 10.1. The second kappa shape index (κ2) is 6.35. The van der Waals surface area contributed by atoms with E-state index in [2.05, 4.69) is 5.32 Å². The largest absolute Gasteiger partial charge is 0.465 e. The maximum atomic E-state index is 10.3. The van der Waals surface area contributed by atoms with Gasteiger partial charge in [0.05, 0.1) is 6.10 Å². The Morgan fingerprint density at radius 3 is 2.62 bits per heavy atom. The van der Waals surface area contributed by atoms with Crippen LogP contribution in [0.25, 0.3) is 0 Å². The Bertz CT molecular complexity index is 340. The van der Waals surface area contributed by atoms with Crippen molar-refractivity contribution in [3.05, 3.63) is 34.9 Å². The van der Waals surface area contributed by atoms with Crippen LogP contribution in [0.15, 0.2) is 24.3 Å². The van der Waals surface area contributed by atoms with Crippen LogP contribution < -0.4 is 5.32 Å². The van der Waals surface area contributed by atoms with Crippen LogP contribution in [0.4, 0.5) is 4.79 Å². The molecule has 5 heteroatoms. The average molecular weight is 244 g/mol. The molecule has 2 N–H and O–H groups in total. The lowest BCUT2D eigenvalue weighted by Gasteiger charge is -2.15. The SMILES string of the molecule is COC(CCNC(=O)O)c1ccc(Cl)cc1. The van der Waals surface area contributed by atoms with E-state index in [-0.39, 0.29) is 6.10 Å². The number of hydrogen-bond acceptors (Lipinski definition) is 2. The Labute approximate surface area is 99.2 Å². The summed E-state index contributed by atoms with van der Waals surface area (Å²) in [4.78, 5) is 10.3. The van der Waals surface area contributed by atoms with Crippen LogP contribution in [0.5, 0.6) is 0 Å². The van der Waals surface area contributed by atoms with Crippen molar-refractivity contribution in [2.24, 2.45) is 0 Å². The van der Waals surface area contributed by atoms with Crippen molar-refractivity contribution in [1.29, 1.82) is 0 Å². The van der Waals surface area contributed by atoms with Crippen molar-refractivity contribution in [1.82, 2.24) is 5.32 Å². The molecule has 0 radical (unpaired) electrons. The van der Waals surface area contributed by atoms with E-state index in [0.717, 1.165) is 5.56 Å². The summed E-state index contributed by atoms with van der Waals surface area (Å²) >= 11 is 5.77. The minimum atomic E-state index is -1.02. The Hall–Kier alpha value is -1.26. The van der Waals surface area contributed by atoms with E-state index < -0.39 is 6.09 Å². The average Bonchev–Trinajstić information content (AvgIpc) is 2.26. The topological polar surface area (TPSA) is 58.6 Å². The summed E-state index contributed by atoms with van der Waals surface area (Å²) in [5.41, 5.74) is 0.985. The van der Waals surface area contributed by atoms with E-state index >= 15 is 0 Å². The Kier molecular flexibility index (Phi) is 5.08. The summed E-state index contributed by atoms with van der Waals surface area (Å²) in [5.74, 6) is 0. The van der Waals surface area contributed by atoms with Crippen LogP contribution >= 0.6 is 11.6 Å². The van der Waals surface area contributed by atoms with Crippen LogP contribution in [0.1, 0.15) is 18.1 Å². The fraction of sp³-hybridized carbons (Fsp3) is 0.364. The van der Waals surface area contributed by atoms with Gasteiger partial charge in [0, 0.05) is 18.7 Å². The Balaban J connectivity index is 2.53. The van der Waals surface area contributed by atoms with Crippen LogP contribution in [0.2, 0.25) is 5.02 Å². The van der Waals surface area contributed by atoms with Gasteiger partial charge in [0.2, 0.25) is 0 Å². The molecule has 1 amide bonds. The fourth-order valence-corrected chi connectivity index (χ4v) is 1.53. The Morgan fingerprint density at radius 2 is 2.12 bits per heavy atom. The smallest absolute Gasteiger partial charge is 0.404 e. The highest BCUT2D eigenvalue weighted by Gasteiger charge is 2.10. The number of amides is 1. The zero-order valence-corrected chi connectivity index (χ0v) is 9.70. The lowest BCUT2D eigenvalue weighted by Crippen LogP contribution is -2.23. The summed E-state index contributed by atoms with van der Waals surface area (Å²) in [7, 11) is 1.60. The second-order valence-electron chi connectivity index (χ2n) is 3.30. The molecule has 0 aromatic heterocycles. The maximum Gasteiger partial charge on any atom is 0.404 e. The molecule has 1 rings (SSSR count). The predicted molar refractivity (Wildman–Crippen MR) is 61.8 cm³/mol. The number of hydrogen-bond donors (Lipinski definition) is 2. The number of nitrogens with one attached hydrogen (secondary N) is 1. The van der Waals surface area contributed by atoms with Gasteiger partial charge in [0.1, 0.15) is 0 Å². The molecule has 0 bridgehead atoms. The molecule has 88 valence electrons.